The first-order chi connectivity index (χ1) is 14.0. The molecule has 0 saturated heterocycles. The molecule has 166 valence electrons. The number of hydrogen-bond acceptors (Lipinski definition) is 4. The first-order valence-corrected chi connectivity index (χ1v) is 10.9. The van der Waals surface area contributed by atoms with E-state index < -0.39 is 0 Å². The Balaban J connectivity index is 2.67. The fourth-order valence-corrected chi connectivity index (χ4v) is 4.03. The van der Waals surface area contributed by atoms with E-state index in [9.17, 15) is 0 Å². The zero-order valence-corrected chi connectivity index (χ0v) is 20.8. The number of methoxy groups -OCH3 is 2. The van der Waals surface area contributed by atoms with E-state index in [-0.39, 0.29) is 30.1 Å². The molecule has 5 heteroatoms. The molecule has 0 bridgehead atoms. The van der Waals surface area contributed by atoms with Gasteiger partial charge in [0.1, 0.15) is 11.5 Å². The van der Waals surface area contributed by atoms with Gasteiger partial charge in [-0.25, -0.2) is 0 Å². The third-order valence-corrected chi connectivity index (χ3v) is 5.74. The van der Waals surface area contributed by atoms with Crippen LogP contribution in [0.1, 0.15) is 69.5 Å². The molecule has 0 radical (unpaired) electrons. The number of benzene rings is 2. The van der Waals surface area contributed by atoms with Gasteiger partial charge < -0.3 is 18.9 Å². The maximum Gasteiger partial charge on any atom is 0.188 e. The van der Waals surface area contributed by atoms with Gasteiger partial charge in [-0.3, -0.25) is 0 Å². The maximum atomic E-state index is 6.10. The summed E-state index contributed by atoms with van der Waals surface area (Å²) in [6, 6.07) is 12.7. The molecule has 0 spiro atoms. The summed E-state index contributed by atoms with van der Waals surface area (Å²) in [6.07, 6.45) is 0. The Kier molecular flexibility index (Phi) is 8.33. The van der Waals surface area contributed by atoms with Crippen LogP contribution in [-0.2, 0) is 20.3 Å². The van der Waals surface area contributed by atoms with Crippen LogP contribution in [0.5, 0.6) is 11.5 Å². The largest absolute Gasteiger partial charge is 0.467 e. The lowest BCUT2D eigenvalue weighted by Crippen LogP contribution is -2.17. The minimum absolute atomic E-state index is 0.0201. The van der Waals surface area contributed by atoms with Gasteiger partial charge in [0.25, 0.3) is 0 Å². The number of rotatable bonds is 8. The minimum atomic E-state index is -0.0634. The fourth-order valence-electron chi connectivity index (χ4n) is 3.51. The Morgan fingerprint density at radius 2 is 1.07 bits per heavy atom. The quantitative estimate of drug-likeness (QED) is 0.367. The zero-order chi connectivity index (χ0) is 22.5. The summed E-state index contributed by atoms with van der Waals surface area (Å²) in [7, 11) is 6.25. The van der Waals surface area contributed by atoms with E-state index in [0.717, 1.165) is 33.8 Å². The molecule has 0 saturated carbocycles. The molecule has 4 nitrogen and oxygen atoms in total. The monoisotopic (exact) mass is 432 g/mol. The Morgan fingerprint density at radius 3 is 1.37 bits per heavy atom. The summed E-state index contributed by atoms with van der Waals surface area (Å²) < 4.78 is 22.7. The second-order valence-electron chi connectivity index (χ2n) is 9.53. The van der Waals surface area contributed by atoms with Gasteiger partial charge in [0.2, 0.25) is 0 Å². The van der Waals surface area contributed by atoms with Gasteiger partial charge in [-0.05, 0) is 22.0 Å². The molecule has 2 aromatic rings. The van der Waals surface area contributed by atoms with Gasteiger partial charge >= 0.3 is 0 Å². The zero-order valence-electron chi connectivity index (χ0n) is 19.7. The predicted molar refractivity (Wildman–Crippen MR) is 127 cm³/mol. The van der Waals surface area contributed by atoms with Gasteiger partial charge in [0.05, 0.1) is 0 Å². The van der Waals surface area contributed by atoms with E-state index in [1.165, 1.54) is 0 Å². The highest BCUT2D eigenvalue weighted by molar-refractivity contribution is 7.17. The maximum absolute atomic E-state index is 6.10. The SMILES string of the molecule is COCOc1c(C(P)c2cccc(C(C)(C)C)c2OCOC)cccc1C(C)(C)C. The van der Waals surface area contributed by atoms with Crippen molar-refractivity contribution >= 4 is 9.24 Å². The first kappa shape index (κ1) is 24.7. The van der Waals surface area contributed by atoms with Crippen LogP contribution in [0.2, 0.25) is 0 Å². The van der Waals surface area contributed by atoms with E-state index in [2.05, 4.69) is 87.2 Å². The van der Waals surface area contributed by atoms with Crippen LogP contribution < -0.4 is 9.47 Å². The smallest absolute Gasteiger partial charge is 0.188 e. The van der Waals surface area contributed by atoms with Crippen molar-refractivity contribution in [1.82, 2.24) is 0 Å². The van der Waals surface area contributed by atoms with Crippen LogP contribution in [0, 0.1) is 0 Å². The third-order valence-electron chi connectivity index (χ3n) is 5.02. The molecule has 0 heterocycles. The molecule has 0 aliphatic heterocycles. The lowest BCUT2D eigenvalue weighted by atomic mass is 9.82. The Morgan fingerprint density at radius 1 is 0.700 bits per heavy atom. The van der Waals surface area contributed by atoms with Crippen LogP contribution in [0.15, 0.2) is 36.4 Å². The molecular formula is C25H37O4P. The highest BCUT2D eigenvalue weighted by Crippen LogP contribution is 2.46. The van der Waals surface area contributed by atoms with E-state index in [1.807, 2.05) is 0 Å². The Hall–Kier alpha value is -1.61. The van der Waals surface area contributed by atoms with Crippen molar-refractivity contribution in [3.05, 3.63) is 58.7 Å². The average molecular weight is 433 g/mol. The van der Waals surface area contributed by atoms with E-state index >= 15 is 0 Å². The van der Waals surface area contributed by atoms with Crippen molar-refractivity contribution in [3.8, 4) is 11.5 Å². The lowest BCUT2D eigenvalue weighted by Gasteiger charge is -2.29. The average Bonchev–Trinajstić information content (AvgIpc) is 2.68. The third kappa shape index (κ3) is 5.75. The highest BCUT2D eigenvalue weighted by atomic mass is 31.0. The van der Waals surface area contributed by atoms with E-state index in [0.29, 0.717) is 0 Å². The van der Waals surface area contributed by atoms with Crippen LogP contribution in [0.3, 0.4) is 0 Å². The molecule has 0 aromatic heterocycles. The summed E-state index contributed by atoms with van der Waals surface area (Å²) in [5.41, 5.74) is 4.31. The van der Waals surface area contributed by atoms with Crippen LogP contribution in [-0.4, -0.2) is 27.8 Å². The minimum Gasteiger partial charge on any atom is -0.467 e. The van der Waals surface area contributed by atoms with Crippen LogP contribution >= 0.6 is 9.24 Å². The van der Waals surface area contributed by atoms with Crippen molar-refractivity contribution in [3.63, 3.8) is 0 Å². The molecule has 30 heavy (non-hydrogen) atoms. The lowest BCUT2D eigenvalue weighted by molar-refractivity contribution is 0.0484. The second-order valence-corrected chi connectivity index (χ2v) is 10.2. The number of ether oxygens (including phenoxy) is 4. The molecule has 1 atom stereocenters. The topological polar surface area (TPSA) is 36.9 Å². The van der Waals surface area contributed by atoms with E-state index in [4.69, 9.17) is 18.9 Å². The molecule has 2 aromatic carbocycles. The Bertz CT molecular complexity index is 765. The normalized spacial score (nSPS) is 12.3. The fraction of sp³-hybridized carbons (Fsp3) is 0.520. The summed E-state index contributed by atoms with van der Waals surface area (Å²) in [5.74, 6) is 1.73. The van der Waals surface area contributed by atoms with Crippen molar-refractivity contribution in [2.45, 2.75) is 58.0 Å². The standard InChI is InChI=1S/C25H37O4P/c1-24(2,3)19-13-9-11-17(21(19)28-15-26-7)23(30)18-12-10-14-20(25(4,5)6)22(18)29-16-27-8/h9-14,23H,15-16,30H2,1-8H3. The summed E-state index contributed by atoms with van der Waals surface area (Å²) in [5, 5.41) is 0. The molecule has 0 aliphatic carbocycles. The first-order valence-electron chi connectivity index (χ1n) is 10.3. The molecule has 0 fully saturated rings. The van der Waals surface area contributed by atoms with Crippen molar-refractivity contribution in [2.75, 3.05) is 27.8 Å². The Labute approximate surface area is 184 Å². The van der Waals surface area contributed by atoms with Gasteiger partial charge in [-0.1, -0.05) is 77.9 Å². The number of para-hydroxylation sites is 2. The van der Waals surface area contributed by atoms with Gasteiger partial charge in [-0.2, -0.15) is 0 Å². The molecule has 0 amide bonds. The molecule has 1 unspecified atom stereocenters. The van der Waals surface area contributed by atoms with Gasteiger partial charge in [0.15, 0.2) is 13.6 Å². The molecular weight excluding hydrogens is 395 g/mol. The van der Waals surface area contributed by atoms with Crippen molar-refractivity contribution < 1.29 is 18.9 Å². The van der Waals surface area contributed by atoms with Crippen molar-refractivity contribution in [2.24, 2.45) is 0 Å². The van der Waals surface area contributed by atoms with Gasteiger partial charge in [0, 0.05) is 31.0 Å². The number of hydrogen-bond donors (Lipinski definition) is 0. The summed E-state index contributed by atoms with van der Waals surface area (Å²) >= 11 is 0. The molecule has 2 rings (SSSR count). The van der Waals surface area contributed by atoms with Crippen LogP contribution in [0.4, 0.5) is 0 Å². The van der Waals surface area contributed by atoms with E-state index in [1.54, 1.807) is 14.2 Å². The molecule has 0 N–H and O–H groups in total. The second kappa shape index (κ2) is 10.1. The molecule has 0 aliphatic rings. The van der Waals surface area contributed by atoms with Gasteiger partial charge in [-0.15, -0.1) is 9.24 Å². The summed E-state index contributed by atoms with van der Waals surface area (Å²) in [6.45, 7) is 13.6. The summed E-state index contributed by atoms with van der Waals surface area (Å²) in [4.78, 5) is 0. The highest BCUT2D eigenvalue weighted by Gasteiger charge is 2.28. The van der Waals surface area contributed by atoms with Crippen LogP contribution in [0.25, 0.3) is 0 Å². The van der Waals surface area contributed by atoms with Crippen molar-refractivity contribution in [1.29, 1.82) is 0 Å². The predicted octanol–water partition coefficient (Wildman–Crippen LogP) is 6.21.